The van der Waals surface area contributed by atoms with Gasteiger partial charge in [-0.25, -0.2) is 4.79 Å². The topological polar surface area (TPSA) is 90.4 Å². The van der Waals surface area contributed by atoms with Gasteiger partial charge in [-0.2, -0.15) is 0 Å². The predicted molar refractivity (Wildman–Crippen MR) is 134 cm³/mol. The van der Waals surface area contributed by atoms with Gasteiger partial charge in [-0.3, -0.25) is 14.5 Å². The van der Waals surface area contributed by atoms with E-state index >= 15 is 0 Å². The third-order valence-corrected chi connectivity index (χ3v) is 6.53. The number of piperazine rings is 1. The van der Waals surface area contributed by atoms with Crippen LogP contribution < -0.4 is 4.90 Å². The van der Waals surface area contributed by atoms with Crippen LogP contribution >= 0.6 is 0 Å². The fourth-order valence-corrected chi connectivity index (χ4v) is 4.42. The Kier molecular flexibility index (Phi) is 8.87. The van der Waals surface area contributed by atoms with Crippen LogP contribution in [0, 0.1) is 5.41 Å². The summed E-state index contributed by atoms with van der Waals surface area (Å²) in [5.41, 5.74) is 1.08. The number of rotatable bonds is 9. The van der Waals surface area contributed by atoms with Gasteiger partial charge in [0.2, 0.25) is 5.91 Å². The molecule has 1 saturated heterocycles. The number of ether oxygens (including phenoxy) is 1. The lowest BCUT2D eigenvalue weighted by Gasteiger charge is -2.42. The number of para-hydroxylation sites is 1. The molecule has 2 aromatic carbocycles. The summed E-state index contributed by atoms with van der Waals surface area (Å²) in [5, 5.41) is 9.86. The summed E-state index contributed by atoms with van der Waals surface area (Å²) >= 11 is 0. The number of hydrogen-bond donors (Lipinski definition) is 1. The monoisotopic (exact) mass is 481 g/mol. The molecule has 0 unspecified atom stereocenters. The average molecular weight is 482 g/mol. The van der Waals surface area contributed by atoms with Crippen molar-refractivity contribution in [3.8, 4) is 0 Å². The quantitative estimate of drug-likeness (QED) is 0.547. The number of carboxylic acid groups (broad SMARTS) is 1. The molecule has 0 aliphatic carbocycles. The molecule has 8 heteroatoms. The Bertz CT molecular complexity index is 996. The molecule has 0 radical (unpaired) electrons. The first kappa shape index (κ1) is 26.2. The Hall–Kier alpha value is -3.39. The zero-order chi connectivity index (χ0) is 25.4. The van der Waals surface area contributed by atoms with Crippen LogP contribution in [0.1, 0.15) is 32.3 Å². The van der Waals surface area contributed by atoms with Crippen LogP contribution in [0.15, 0.2) is 60.7 Å². The van der Waals surface area contributed by atoms with Crippen molar-refractivity contribution in [1.82, 2.24) is 9.80 Å². The van der Waals surface area contributed by atoms with Crippen molar-refractivity contribution < 1.29 is 24.2 Å². The van der Waals surface area contributed by atoms with Gasteiger partial charge in [0.25, 0.3) is 0 Å². The molecule has 8 nitrogen and oxygen atoms in total. The van der Waals surface area contributed by atoms with Gasteiger partial charge in [0.05, 0.1) is 18.6 Å². The fraction of sp³-hybridized carbons (Fsp3) is 0.444. The lowest BCUT2D eigenvalue weighted by Crippen LogP contribution is -2.58. The second-order valence-corrected chi connectivity index (χ2v) is 9.57. The maximum Gasteiger partial charge on any atom is 0.407 e. The number of carbonyl (C=O) groups is 3. The number of benzene rings is 2. The van der Waals surface area contributed by atoms with E-state index in [1.807, 2.05) is 48.5 Å². The zero-order valence-corrected chi connectivity index (χ0v) is 20.7. The van der Waals surface area contributed by atoms with Crippen molar-refractivity contribution in [2.75, 3.05) is 38.2 Å². The minimum atomic E-state index is -0.985. The van der Waals surface area contributed by atoms with Crippen LogP contribution in [0.4, 0.5) is 10.5 Å². The zero-order valence-electron chi connectivity index (χ0n) is 20.7. The Morgan fingerprint density at radius 2 is 1.66 bits per heavy atom. The molecule has 1 fully saturated rings. The predicted octanol–water partition coefficient (Wildman–Crippen LogP) is 3.86. The minimum Gasteiger partial charge on any atom is -0.469 e. The van der Waals surface area contributed by atoms with Crippen molar-refractivity contribution in [1.29, 1.82) is 0 Å². The maximum absolute atomic E-state index is 13.4. The lowest BCUT2D eigenvalue weighted by atomic mass is 9.87. The normalized spacial score (nSPS) is 16.5. The second kappa shape index (κ2) is 11.8. The van der Waals surface area contributed by atoms with Gasteiger partial charge in [0, 0.05) is 44.8 Å². The van der Waals surface area contributed by atoms with Crippen molar-refractivity contribution in [2.24, 2.45) is 5.41 Å². The van der Waals surface area contributed by atoms with Crippen LogP contribution in [0.25, 0.3) is 0 Å². The molecule has 1 atom stereocenters. The molecule has 0 spiro atoms. The summed E-state index contributed by atoms with van der Waals surface area (Å²) in [6.45, 7) is 5.99. The van der Waals surface area contributed by atoms with E-state index in [0.717, 1.165) is 12.1 Å². The first-order chi connectivity index (χ1) is 16.7. The van der Waals surface area contributed by atoms with E-state index < -0.39 is 11.5 Å². The van der Waals surface area contributed by atoms with Crippen LogP contribution in [0.5, 0.6) is 0 Å². The SMILES string of the molecule is COC(=O)C(C)(C)CCC(=O)N(C[C@@H]1CN(Cc2ccccc2)CCN1C(=O)O)c1ccccc1. The van der Waals surface area contributed by atoms with E-state index in [0.29, 0.717) is 31.7 Å². The number of hydrogen-bond acceptors (Lipinski definition) is 5. The molecule has 2 aromatic rings. The first-order valence-electron chi connectivity index (χ1n) is 11.9. The minimum absolute atomic E-state index is 0.143. The molecule has 1 heterocycles. The highest BCUT2D eigenvalue weighted by atomic mass is 16.5. The fourth-order valence-electron chi connectivity index (χ4n) is 4.42. The summed E-state index contributed by atoms with van der Waals surface area (Å²) < 4.78 is 4.87. The molecule has 3 rings (SSSR count). The summed E-state index contributed by atoms with van der Waals surface area (Å²) in [6, 6.07) is 19.0. The molecular weight excluding hydrogens is 446 g/mol. The van der Waals surface area contributed by atoms with E-state index in [1.165, 1.54) is 12.0 Å². The van der Waals surface area contributed by atoms with E-state index in [4.69, 9.17) is 4.74 Å². The van der Waals surface area contributed by atoms with E-state index in [1.54, 1.807) is 18.7 Å². The highest BCUT2D eigenvalue weighted by Gasteiger charge is 2.35. The number of methoxy groups -OCH3 is 1. The average Bonchev–Trinajstić information content (AvgIpc) is 2.86. The summed E-state index contributed by atoms with van der Waals surface area (Å²) in [7, 11) is 1.34. The Morgan fingerprint density at radius 3 is 2.26 bits per heavy atom. The van der Waals surface area contributed by atoms with Crippen LogP contribution in [-0.2, 0) is 20.9 Å². The number of nitrogens with zero attached hydrogens (tertiary/aromatic N) is 3. The molecular formula is C27H35N3O5. The summed E-state index contributed by atoms with van der Waals surface area (Å²) in [4.78, 5) is 42.9. The highest BCUT2D eigenvalue weighted by Crippen LogP contribution is 2.26. The van der Waals surface area contributed by atoms with Crippen LogP contribution in [-0.4, -0.2) is 72.2 Å². The standard InChI is InChI=1S/C27H35N3O5/c1-27(2,25(32)35-3)15-14-24(31)30(22-12-8-5-9-13-22)20-23-19-28(16-17-29(23)26(33)34)18-21-10-6-4-7-11-21/h4-13,23H,14-20H2,1-3H3,(H,33,34)/t23-/m0/s1. The van der Waals surface area contributed by atoms with E-state index in [9.17, 15) is 19.5 Å². The van der Waals surface area contributed by atoms with Crippen molar-refractivity contribution in [3.05, 3.63) is 66.2 Å². The van der Waals surface area contributed by atoms with Gasteiger partial charge < -0.3 is 19.6 Å². The molecule has 1 N–H and O–H groups in total. The molecule has 2 amide bonds. The smallest absolute Gasteiger partial charge is 0.407 e. The molecule has 35 heavy (non-hydrogen) atoms. The van der Waals surface area contributed by atoms with Crippen molar-refractivity contribution in [3.63, 3.8) is 0 Å². The molecule has 0 bridgehead atoms. The number of anilines is 1. The number of carbonyl (C=O) groups excluding carboxylic acids is 2. The van der Waals surface area contributed by atoms with E-state index in [2.05, 4.69) is 17.0 Å². The van der Waals surface area contributed by atoms with Gasteiger partial charge in [0.15, 0.2) is 0 Å². The van der Waals surface area contributed by atoms with Crippen LogP contribution in [0.3, 0.4) is 0 Å². The maximum atomic E-state index is 13.4. The molecule has 0 saturated carbocycles. The third-order valence-electron chi connectivity index (χ3n) is 6.53. The van der Waals surface area contributed by atoms with Gasteiger partial charge in [-0.1, -0.05) is 48.5 Å². The number of amides is 2. The Morgan fingerprint density at radius 1 is 1.03 bits per heavy atom. The summed E-state index contributed by atoms with van der Waals surface area (Å²) in [6.07, 6.45) is -0.513. The van der Waals surface area contributed by atoms with Gasteiger partial charge >= 0.3 is 12.1 Å². The van der Waals surface area contributed by atoms with Gasteiger partial charge in [0.1, 0.15) is 0 Å². The Labute approximate surface area is 207 Å². The highest BCUT2D eigenvalue weighted by molar-refractivity contribution is 5.94. The lowest BCUT2D eigenvalue weighted by molar-refractivity contribution is -0.151. The van der Waals surface area contributed by atoms with Gasteiger partial charge in [-0.05, 0) is 38.0 Å². The summed E-state index contributed by atoms with van der Waals surface area (Å²) in [5.74, 6) is -0.517. The second-order valence-electron chi connectivity index (χ2n) is 9.57. The van der Waals surface area contributed by atoms with Crippen molar-refractivity contribution in [2.45, 2.75) is 39.3 Å². The largest absolute Gasteiger partial charge is 0.469 e. The van der Waals surface area contributed by atoms with Gasteiger partial charge in [-0.15, -0.1) is 0 Å². The Balaban J connectivity index is 1.78. The third kappa shape index (κ3) is 7.05. The molecule has 0 aromatic heterocycles. The van der Waals surface area contributed by atoms with E-state index in [-0.39, 0.29) is 30.9 Å². The molecule has 1 aliphatic rings. The molecule has 188 valence electrons. The van der Waals surface area contributed by atoms with Crippen LogP contribution in [0.2, 0.25) is 0 Å². The van der Waals surface area contributed by atoms with Crippen molar-refractivity contribution >= 4 is 23.7 Å². The first-order valence-corrected chi connectivity index (χ1v) is 11.9. The number of esters is 1. The molecule has 1 aliphatic heterocycles.